The van der Waals surface area contributed by atoms with Gasteiger partial charge in [0.05, 0.1) is 5.56 Å². The minimum Gasteiger partial charge on any atom is -0.471 e. The van der Waals surface area contributed by atoms with Gasteiger partial charge in [0.2, 0.25) is 0 Å². The minimum atomic E-state index is 0.509. The lowest BCUT2D eigenvalue weighted by Gasteiger charge is -2.12. The fourth-order valence-electron chi connectivity index (χ4n) is 0.932. The molecule has 2 heterocycles. The van der Waals surface area contributed by atoms with Gasteiger partial charge in [-0.15, -0.1) is 0 Å². The quantitative estimate of drug-likeness (QED) is 0.616. The number of oxime groups is 1. The van der Waals surface area contributed by atoms with Crippen LogP contribution in [0.5, 0.6) is 0 Å². The van der Waals surface area contributed by atoms with E-state index in [0.29, 0.717) is 19.1 Å². The third-order valence-corrected chi connectivity index (χ3v) is 1.47. The maximum atomic E-state index is 5.25. The second-order valence-corrected chi connectivity index (χ2v) is 2.32. The number of hydrogen-bond acceptors (Lipinski definition) is 4. The Bertz CT molecular complexity index is 284. The van der Waals surface area contributed by atoms with Crippen molar-refractivity contribution in [3.05, 3.63) is 30.1 Å². The Labute approximate surface area is 69.8 Å². The summed E-state index contributed by atoms with van der Waals surface area (Å²) in [7, 11) is 0. The van der Waals surface area contributed by atoms with Crippen molar-refractivity contribution in [2.75, 3.05) is 13.2 Å². The van der Waals surface area contributed by atoms with Gasteiger partial charge >= 0.3 is 0 Å². The molecule has 1 aliphatic heterocycles. The largest absolute Gasteiger partial charge is 0.471 e. The van der Waals surface area contributed by atoms with Crippen molar-refractivity contribution in [3.63, 3.8) is 0 Å². The molecule has 0 bridgehead atoms. The number of hydrogen-bond donors (Lipinski definition) is 0. The number of rotatable bonds is 1. The maximum absolute atomic E-state index is 5.25. The number of pyridine rings is 1. The van der Waals surface area contributed by atoms with Crippen LogP contribution in [-0.2, 0) is 9.57 Å². The van der Waals surface area contributed by atoms with Crippen molar-refractivity contribution in [3.8, 4) is 0 Å². The van der Waals surface area contributed by atoms with Crippen LogP contribution in [-0.4, -0.2) is 24.1 Å². The summed E-state index contributed by atoms with van der Waals surface area (Å²) in [5.41, 5.74) is 0.845. The molecular weight excluding hydrogens is 156 g/mol. The Morgan fingerprint density at radius 1 is 1.33 bits per heavy atom. The smallest absolute Gasteiger partial charge is 0.259 e. The molecule has 0 radical (unpaired) electrons. The van der Waals surface area contributed by atoms with E-state index in [1.165, 1.54) is 0 Å². The van der Waals surface area contributed by atoms with E-state index in [-0.39, 0.29) is 0 Å². The summed E-state index contributed by atoms with van der Waals surface area (Å²) in [6.07, 6.45) is 3.39. The molecule has 0 unspecified atom stereocenters. The first-order valence-electron chi connectivity index (χ1n) is 3.70. The summed E-state index contributed by atoms with van der Waals surface area (Å²) in [5, 5.41) is 3.75. The highest BCUT2D eigenvalue weighted by atomic mass is 16.7. The van der Waals surface area contributed by atoms with Crippen molar-refractivity contribution in [1.82, 2.24) is 4.98 Å². The molecule has 0 N–H and O–H groups in total. The molecule has 62 valence electrons. The average molecular weight is 164 g/mol. The lowest BCUT2D eigenvalue weighted by atomic mass is 10.3. The number of ether oxygens (including phenoxy) is 1. The van der Waals surface area contributed by atoms with Gasteiger partial charge in [0.25, 0.3) is 5.90 Å². The molecule has 0 saturated carbocycles. The van der Waals surface area contributed by atoms with Gasteiger partial charge in [0.15, 0.2) is 6.61 Å². The van der Waals surface area contributed by atoms with E-state index in [2.05, 4.69) is 10.1 Å². The van der Waals surface area contributed by atoms with E-state index < -0.39 is 0 Å². The Kier molecular flexibility index (Phi) is 1.90. The molecule has 1 aliphatic rings. The molecule has 1 aromatic heterocycles. The third-order valence-electron chi connectivity index (χ3n) is 1.47. The summed E-state index contributed by atoms with van der Waals surface area (Å²) in [5.74, 6) is 0.509. The molecular formula is C8H8N2O2. The van der Waals surface area contributed by atoms with Crippen LogP contribution in [0.1, 0.15) is 5.56 Å². The van der Waals surface area contributed by atoms with Crippen LogP contribution >= 0.6 is 0 Å². The molecule has 2 rings (SSSR count). The lowest BCUT2D eigenvalue weighted by Crippen LogP contribution is -2.17. The second-order valence-electron chi connectivity index (χ2n) is 2.32. The van der Waals surface area contributed by atoms with Gasteiger partial charge in [-0.25, -0.2) is 0 Å². The second kappa shape index (κ2) is 3.21. The maximum Gasteiger partial charge on any atom is 0.259 e. The van der Waals surface area contributed by atoms with E-state index in [1.54, 1.807) is 12.4 Å². The van der Waals surface area contributed by atoms with E-state index in [0.717, 1.165) is 5.56 Å². The van der Waals surface area contributed by atoms with Crippen LogP contribution in [0.15, 0.2) is 29.7 Å². The Morgan fingerprint density at radius 2 is 2.33 bits per heavy atom. The van der Waals surface area contributed by atoms with Gasteiger partial charge in [-0.3, -0.25) is 4.98 Å². The van der Waals surface area contributed by atoms with Crippen molar-refractivity contribution >= 4 is 5.90 Å². The van der Waals surface area contributed by atoms with Gasteiger partial charge in [-0.2, -0.15) is 0 Å². The van der Waals surface area contributed by atoms with Crippen LogP contribution in [0.25, 0.3) is 0 Å². The Balaban J connectivity index is 2.24. The van der Waals surface area contributed by atoms with Gasteiger partial charge < -0.3 is 9.57 Å². The first-order chi connectivity index (χ1) is 5.97. The molecule has 0 aromatic carbocycles. The summed E-state index contributed by atoms with van der Waals surface area (Å²) in [6, 6.07) is 3.70. The molecule has 0 atom stereocenters. The van der Waals surface area contributed by atoms with Crippen LogP contribution in [0.2, 0.25) is 0 Å². The highest BCUT2D eigenvalue weighted by Gasteiger charge is 2.09. The first kappa shape index (κ1) is 7.09. The topological polar surface area (TPSA) is 43.7 Å². The van der Waals surface area contributed by atoms with E-state index in [4.69, 9.17) is 9.57 Å². The molecule has 0 amide bonds. The Morgan fingerprint density at radius 3 is 3.00 bits per heavy atom. The summed E-state index contributed by atoms with van der Waals surface area (Å²) in [4.78, 5) is 8.82. The molecule has 0 saturated heterocycles. The van der Waals surface area contributed by atoms with Gasteiger partial charge in [-0.1, -0.05) is 0 Å². The zero-order valence-corrected chi connectivity index (χ0v) is 6.43. The molecule has 0 aliphatic carbocycles. The summed E-state index contributed by atoms with van der Waals surface area (Å²) < 4.78 is 5.25. The molecule has 1 aromatic rings. The molecule has 4 nitrogen and oxygen atoms in total. The fourth-order valence-corrected chi connectivity index (χ4v) is 0.932. The fraction of sp³-hybridized carbons (Fsp3) is 0.250. The Hall–Kier alpha value is -1.58. The third kappa shape index (κ3) is 1.37. The highest BCUT2D eigenvalue weighted by molar-refractivity contribution is 5.93. The van der Waals surface area contributed by atoms with Gasteiger partial charge in [0, 0.05) is 12.4 Å². The zero-order chi connectivity index (χ0) is 8.23. The van der Waals surface area contributed by atoms with Crippen LogP contribution in [0, 0.1) is 0 Å². The molecule has 0 spiro atoms. The number of nitrogens with zero attached hydrogens (tertiary/aromatic N) is 2. The van der Waals surface area contributed by atoms with Gasteiger partial charge in [-0.05, 0) is 17.3 Å². The van der Waals surface area contributed by atoms with Crippen molar-refractivity contribution < 1.29 is 9.57 Å². The summed E-state index contributed by atoms with van der Waals surface area (Å²) >= 11 is 0. The van der Waals surface area contributed by atoms with Crippen LogP contribution in [0.4, 0.5) is 0 Å². The normalized spacial score (nSPS) is 15.8. The minimum absolute atomic E-state index is 0.509. The standard InChI is InChI=1S/C8H8N2O2/c1-2-7(6-9-3-1)8-10-12-5-4-11-8/h1-3,6H,4-5H2. The first-order valence-corrected chi connectivity index (χ1v) is 3.70. The van der Waals surface area contributed by atoms with Crippen molar-refractivity contribution in [2.45, 2.75) is 0 Å². The van der Waals surface area contributed by atoms with E-state index >= 15 is 0 Å². The lowest BCUT2D eigenvalue weighted by molar-refractivity contribution is 0.0655. The number of aromatic nitrogens is 1. The van der Waals surface area contributed by atoms with Crippen LogP contribution < -0.4 is 0 Å². The van der Waals surface area contributed by atoms with E-state index in [9.17, 15) is 0 Å². The molecule has 0 fully saturated rings. The monoisotopic (exact) mass is 164 g/mol. The van der Waals surface area contributed by atoms with Gasteiger partial charge in [0.1, 0.15) is 6.61 Å². The molecule has 12 heavy (non-hydrogen) atoms. The van der Waals surface area contributed by atoms with Crippen molar-refractivity contribution in [2.24, 2.45) is 5.16 Å². The zero-order valence-electron chi connectivity index (χ0n) is 6.43. The predicted octanol–water partition coefficient (Wildman–Crippen LogP) is 0.790. The van der Waals surface area contributed by atoms with Crippen LogP contribution in [0.3, 0.4) is 0 Å². The van der Waals surface area contributed by atoms with E-state index in [1.807, 2.05) is 12.1 Å². The SMILES string of the molecule is c1cncc(C2=NOCCO2)c1. The predicted molar refractivity (Wildman–Crippen MR) is 42.7 cm³/mol. The molecule has 4 heteroatoms. The van der Waals surface area contributed by atoms with Crippen molar-refractivity contribution in [1.29, 1.82) is 0 Å². The highest BCUT2D eigenvalue weighted by Crippen LogP contribution is 2.04. The summed E-state index contributed by atoms with van der Waals surface area (Å²) in [6.45, 7) is 1.07. The average Bonchev–Trinajstić information content (AvgIpc) is 2.21.